The molecular formula is C21H20N2O3. The molecule has 0 aliphatic rings. The molecule has 0 radical (unpaired) electrons. The average molecular weight is 348 g/mol. The average Bonchev–Trinajstić information content (AvgIpc) is 3.15. The van der Waals surface area contributed by atoms with Gasteiger partial charge in [0, 0.05) is 0 Å². The van der Waals surface area contributed by atoms with Gasteiger partial charge in [0.25, 0.3) is 5.91 Å². The number of hydrogen-bond donors (Lipinski definition) is 2. The van der Waals surface area contributed by atoms with Crippen molar-refractivity contribution in [3.63, 3.8) is 0 Å². The minimum atomic E-state index is -1.86. The lowest BCUT2D eigenvalue weighted by atomic mass is 9.85. The Kier molecular flexibility index (Phi) is 5.00. The maximum Gasteiger partial charge on any atom is 0.281 e. The fraction of sp³-hybridized carbons (Fsp3) is 0.143. The smallest absolute Gasteiger partial charge is 0.281 e. The van der Waals surface area contributed by atoms with Crippen molar-refractivity contribution in [3.8, 4) is 0 Å². The quantitative estimate of drug-likeness (QED) is 0.549. The van der Waals surface area contributed by atoms with Gasteiger partial charge in [-0.1, -0.05) is 59.7 Å². The highest BCUT2D eigenvalue weighted by atomic mass is 16.3. The lowest BCUT2D eigenvalue weighted by Crippen LogP contribution is -2.43. The maximum absolute atomic E-state index is 12.9. The van der Waals surface area contributed by atoms with Gasteiger partial charge in [-0.2, -0.15) is 5.10 Å². The van der Waals surface area contributed by atoms with Gasteiger partial charge < -0.3 is 9.52 Å². The van der Waals surface area contributed by atoms with Crippen molar-refractivity contribution in [3.05, 3.63) is 94.9 Å². The summed E-state index contributed by atoms with van der Waals surface area (Å²) in [5.41, 5.74) is 3.57. The number of carbonyl (C=O) groups excluding carboxylic acids is 1. The molecule has 0 fully saturated rings. The number of aryl methyl sites for hydroxylation is 2. The zero-order chi connectivity index (χ0) is 18.6. The lowest BCUT2D eigenvalue weighted by Gasteiger charge is -2.27. The predicted octanol–water partition coefficient (Wildman–Crippen LogP) is 3.28. The summed E-state index contributed by atoms with van der Waals surface area (Å²) >= 11 is 0. The summed E-state index contributed by atoms with van der Waals surface area (Å²) in [6, 6.07) is 17.8. The molecule has 0 atom stereocenters. The molecule has 132 valence electrons. The Labute approximate surface area is 152 Å². The Bertz CT molecular complexity index is 850. The topological polar surface area (TPSA) is 74.8 Å². The molecular weight excluding hydrogens is 328 g/mol. The van der Waals surface area contributed by atoms with Crippen LogP contribution in [0.4, 0.5) is 0 Å². The van der Waals surface area contributed by atoms with Crippen LogP contribution in [-0.2, 0) is 10.4 Å². The monoisotopic (exact) mass is 348 g/mol. The van der Waals surface area contributed by atoms with Crippen LogP contribution >= 0.6 is 0 Å². The van der Waals surface area contributed by atoms with Crippen LogP contribution < -0.4 is 5.43 Å². The highest BCUT2D eigenvalue weighted by molar-refractivity contribution is 5.90. The van der Waals surface area contributed by atoms with Gasteiger partial charge in [0.05, 0.1) is 12.5 Å². The second-order valence-corrected chi connectivity index (χ2v) is 6.16. The second-order valence-electron chi connectivity index (χ2n) is 6.16. The fourth-order valence-corrected chi connectivity index (χ4v) is 2.62. The van der Waals surface area contributed by atoms with Gasteiger partial charge in [-0.3, -0.25) is 4.79 Å². The number of rotatable bonds is 5. The summed E-state index contributed by atoms with van der Waals surface area (Å²) in [6.45, 7) is 3.89. The van der Waals surface area contributed by atoms with E-state index < -0.39 is 11.5 Å². The van der Waals surface area contributed by atoms with Crippen molar-refractivity contribution in [2.24, 2.45) is 5.10 Å². The number of nitrogens with zero attached hydrogens (tertiary/aromatic N) is 1. The number of furan rings is 1. The fourth-order valence-electron chi connectivity index (χ4n) is 2.62. The summed E-state index contributed by atoms with van der Waals surface area (Å²) in [5, 5.41) is 15.2. The van der Waals surface area contributed by atoms with Crippen molar-refractivity contribution in [1.82, 2.24) is 5.43 Å². The largest absolute Gasteiger partial charge is 0.463 e. The molecule has 0 unspecified atom stereocenters. The molecule has 3 rings (SSSR count). The van der Waals surface area contributed by atoms with Crippen LogP contribution in [0.15, 0.2) is 76.4 Å². The number of aliphatic hydroxyl groups is 1. The zero-order valence-corrected chi connectivity index (χ0v) is 14.6. The van der Waals surface area contributed by atoms with E-state index in [0.29, 0.717) is 16.9 Å². The molecule has 5 heteroatoms. The second kappa shape index (κ2) is 7.37. The highest BCUT2D eigenvalue weighted by Crippen LogP contribution is 2.30. The molecule has 1 aromatic heterocycles. The molecule has 2 N–H and O–H groups in total. The standard InChI is InChI=1S/C21H20N2O3/c1-15-5-9-17(10-6-15)21(25,18-11-7-16(2)8-12-18)20(24)23-22-14-19-4-3-13-26-19/h3-14,25H,1-2H3,(H,23,24)/b22-14+. The number of nitrogens with one attached hydrogen (secondary N) is 1. The SMILES string of the molecule is Cc1ccc(C(O)(C(=O)N/N=C/c2ccco2)c2ccc(C)cc2)cc1. The minimum Gasteiger partial charge on any atom is -0.463 e. The Morgan fingerprint density at radius 2 is 1.54 bits per heavy atom. The molecule has 0 spiro atoms. The van der Waals surface area contributed by atoms with Crippen molar-refractivity contribution in [2.75, 3.05) is 0 Å². The summed E-state index contributed by atoms with van der Waals surface area (Å²) in [6.07, 6.45) is 2.89. The third-order valence-electron chi connectivity index (χ3n) is 4.17. The molecule has 0 aliphatic carbocycles. The van der Waals surface area contributed by atoms with Crippen molar-refractivity contribution < 1.29 is 14.3 Å². The van der Waals surface area contributed by atoms with Crippen LogP contribution in [0.5, 0.6) is 0 Å². The molecule has 1 heterocycles. The first-order valence-corrected chi connectivity index (χ1v) is 8.24. The molecule has 26 heavy (non-hydrogen) atoms. The number of benzene rings is 2. The van der Waals surface area contributed by atoms with E-state index in [1.807, 2.05) is 38.1 Å². The minimum absolute atomic E-state index is 0.470. The van der Waals surface area contributed by atoms with Gasteiger partial charge >= 0.3 is 0 Å². The van der Waals surface area contributed by atoms with Crippen molar-refractivity contribution >= 4 is 12.1 Å². The van der Waals surface area contributed by atoms with Crippen LogP contribution in [0.25, 0.3) is 0 Å². The van der Waals surface area contributed by atoms with Gasteiger partial charge in [0.2, 0.25) is 0 Å². The summed E-state index contributed by atoms with van der Waals surface area (Å²) in [4.78, 5) is 12.9. The van der Waals surface area contributed by atoms with Crippen LogP contribution in [-0.4, -0.2) is 17.2 Å². The molecule has 3 aromatic rings. The molecule has 5 nitrogen and oxygen atoms in total. The van der Waals surface area contributed by atoms with E-state index in [2.05, 4.69) is 10.5 Å². The number of hydrogen-bond acceptors (Lipinski definition) is 4. The van der Waals surface area contributed by atoms with Gasteiger partial charge in [0.15, 0.2) is 5.60 Å². The van der Waals surface area contributed by atoms with Crippen LogP contribution in [0, 0.1) is 13.8 Å². The predicted molar refractivity (Wildman–Crippen MR) is 99.8 cm³/mol. The van der Waals surface area contributed by atoms with Crippen LogP contribution in [0.3, 0.4) is 0 Å². The van der Waals surface area contributed by atoms with Gasteiger partial charge in [0.1, 0.15) is 5.76 Å². The van der Waals surface area contributed by atoms with Crippen molar-refractivity contribution in [2.45, 2.75) is 19.4 Å². The van der Waals surface area contributed by atoms with Crippen LogP contribution in [0.2, 0.25) is 0 Å². The van der Waals surface area contributed by atoms with E-state index in [-0.39, 0.29) is 0 Å². The Morgan fingerprint density at radius 3 is 2.00 bits per heavy atom. The first kappa shape index (κ1) is 17.6. The summed E-state index contributed by atoms with van der Waals surface area (Å²) < 4.78 is 5.13. The molecule has 1 amide bonds. The molecule has 0 aliphatic heterocycles. The summed E-state index contributed by atoms with van der Waals surface area (Å²) in [7, 11) is 0. The first-order valence-electron chi connectivity index (χ1n) is 8.24. The molecule has 2 aromatic carbocycles. The van der Waals surface area contributed by atoms with E-state index in [4.69, 9.17) is 4.42 Å². The Morgan fingerprint density at radius 1 is 1.00 bits per heavy atom. The number of amides is 1. The van der Waals surface area contributed by atoms with Crippen molar-refractivity contribution in [1.29, 1.82) is 0 Å². The van der Waals surface area contributed by atoms with Gasteiger partial charge in [-0.15, -0.1) is 0 Å². The van der Waals surface area contributed by atoms with E-state index in [1.165, 1.54) is 12.5 Å². The normalized spacial score (nSPS) is 11.7. The van der Waals surface area contributed by atoms with E-state index >= 15 is 0 Å². The van der Waals surface area contributed by atoms with E-state index in [0.717, 1.165) is 11.1 Å². The van der Waals surface area contributed by atoms with Gasteiger partial charge in [-0.25, -0.2) is 5.43 Å². The number of carbonyl (C=O) groups is 1. The third kappa shape index (κ3) is 3.58. The van der Waals surface area contributed by atoms with Gasteiger partial charge in [-0.05, 0) is 37.1 Å². The summed E-state index contributed by atoms with van der Waals surface area (Å²) in [5.74, 6) is -0.146. The molecule has 0 saturated heterocycles. The third-order valence-corrected chi connectivity index (χ3v) is 4.17. The zero-order valence-electron chi connectivity index (χ0n) is 14.6. The van der Waals surface area contributed by atoms with Crippen LogP contribution in [0.1, 0.15) is 28.0 Å². The Hall–Kier alpha value is -3.18. The Balaban J connectivity index is 1.95. The lowest BCUT2D eigenvalue weighted by molar-refractivity contribution is -0.136. The highest BCUT2D eigenvalue weighted by Gasteiger charge is 2.40. The van der Waals surface area contributed by atoms with E-state index in [1.54, 1.807) is 36.4 Å². The first-order chi connectivity index (χ1) is 12.5. The number of hydrazone groups is 1. The molecule has 0 bridgehead atoms. The maximum atomic E-state index is 12.9. The molecule has 0 saturated carbocycles. The van der Waals surface area contributed by atoms with E-state index in [9.17, 15) is 9.90 Å².